The van der Waals surface area contributed by atoms with E-state index >= 15 is 0 Å². The summed E-state index contributed by atoms with van der Waals surface area (Å²) in [6, 6.07) is 17.3. The number of aryl methyl sites for hydroxylation is 1. The van der Waals surface area contributed by atoms with E-state index in [0.717, 1.165) is 6.42 Å². The van der Waals surface area contributed by atoms with E-state index in [1.807, 2.05) is 12.1 Å². The minimum Gasteiger partial charge on any atom is -0.396 e. The van der Waals surface area contributed by atoms with Gasteiger partial charge in [-0.15, -0.1) is 0 Å². The molecule has 1 unspecified atom stereocenters. The third-order valence-corrected chi connectivity index (χ3v) is 3.90. The molecule has 0 spiro atoms. The van der Waals surface area contributed by atoms with Crippen LogP contribution in [0.3, 0.4) is 0 Å². The number of nitrogens with one attached hydrogen (secondary N) is 1. The predicted octanol–water partition coefficient (Wildman–Crippen LogP) is 3.00. The molecule has 2 rings (SSSR count). The van der Waals surface area contributed by atoms with Gasteiger partial charge in [-0.3, -0.25) is 0 Å². The molecule has 0 aromatic heterocycles. The molecule has 1 atom stereocenters. The summed E-state index contributed by atoms with van der Waals surface area (Å²) in [4.78, 5) is 0. The van der Waals surface area contributed by atoms with Gasteiger partial charge in [-0.25, -0.2) is 0 Å². The average Bonchev–Trinajstić information content (AvgIpc) is 2.59. The molecule has 0 radical (unpaired) electrons. The number of nitrogens with zero attached hydrogens (tertiary/aromatic N) is 2. The summed E-state index contributed by atoms with van der Waals surface area (Å²) < 4.78 is 0. The van der Waals surface area contributed by atoms with Crippen molar-refractivity contribution in [2.75, 3.05) is 18.5 Å². The molecule has 0 aliphatic heterocycles. The Morgan fingerprint density at radius 3 is 2.26 bits per heavy atom. The second-order valence-corrected chi connectivity index (χ2v) is 5.51. The zero-order chi connectivity index (χ0) is 16.7. The van der Waals surface area contributed by atoms with E-state index in [2.05, 4.69) is 36.5 Å². The quantitative estimate of drug-likeness (QED) is 0.859. The molecule has 0 aliphatic carbocycles. The monoisotopic (exact) mass is 305 g/mol. The highest BCUT2D eigenvalue weighted by molar-refractivity contribution is 5.66. The molecular formula is C19H19N3O. The number of aliphatic hydroxyl groups excluding tert-OH is 1. The van der Waals surface area contributed by atoms with Crippen LogP contribution in [-0.4, -0.2) is 18.3 Å². The van der Waals surface area contributed by atoms with Crippen LogP contribution in [0.5, 0.6) is 0 Å². The normalized spacial score (nSPS) is 11.3. The number of nitriles is 2. The highest BCUT2D eigenvalue weighted by atomic mass is 16.3. The van der Waals surface area contributed by atoms with E-state index in [9.17, 15) is 15.6 Å². The van der Waals surface area contributed by atoms with Crippen LogP contribution < -0.4 is 5.32 Å². The maximum absolute atomic E-state index is 9.64. The van der Waals surface area contributed by atoms with Gasteiger partial charge in [0.05, 0.1) is 16.8 Å². The lowest BCUT2D eigenvalue weighted by Gasteiger charge is -2.18. The van der Waals surface area contributed by atoms with E-state index in [1.165, 1.54) is 11.1 Å². The standard InChI is InChI=1S/C19H19N3O/c1-14-5-2-3-6-16(14)9-15(13-23)12-22-19-17(10-20)7-4-8-18(19)11-21/h2-8,15,22-23H,9,12-13H2,1H3. The maximum atomic E-state index is 9.64. The van der Waals surface area contributed by atoms with Crippen LogP contribution in [0.2, 0.25) is 0 Å². The Morgan fingerprint density at radius 1 is 1.04 bits per heavy atom. The lowest BCUT2D eigenvalue weighted by Crippen LogP contribution is -2.21. The van der Waals surface area contributed by atoms with Gasteiger partial charge in [0.1, 0.15) is 12.1 Å². The van der Waals surface area contributed by atoms with Crippen molar-refractivity contribution in [3.63, 3.8) is 0 Å². The zero-order valence-electron chi connectivity index (χ0n) is 13.1. The molecule has 0 bridgehead atoms. The number of benzene rings is 2. The number of hydrogen-bond acceptors (Lipinski definition) is 4. The second kappa shape index (κ2) is 7.98. The van der Waals surface area contributed by atoms with Gasteiger partial charge in [0.2, 0.25) is 0 Å². The molecule has 23 heavy (non-hydrogen) atoms. The number of rotatable bonds is 6. The maximum Gasteiger partial charge on any atom is 0.101 e. The van der Waals surface area contributed by atoms with Crippen LogP contribution in [0.25, 0.3) is 0 Å². The first-order valence-electron chi connectivity index (χ1n) is 7.52. The van der Waals surface area contributed by atoms with Crippen molar-refractivity contribution in [1.82, 2.24) is 0 Å². The van der Waals surface area contributed by atoms with E-state index < -0.39 is 0 Å². The number of hydrogen-bond donors (Lipinski definition) is 2. The third-order valence-electron chi connectivity index (χ3n) is 3.90. The fourth-order valence-corrected chi connectivity index (χ4v) is 2.53. The Bertz CT molecular complexity index is 724. The molecule has 4 heteroatoms. The first-order valence-corrected chi connectivity index (χ1v) is 7.52. The summed E-state index contributed by atoms with van der Waals surface area (Å²) in [5.74, 6) is 0.00870. The summed E-state index contributed by atoms with van der Waals surface area (Å²) in [6.07, 6.45) is 0.743. The van der Waals surface area contributed by atoms with E-state index in [1.54, 1.807) is 18.2 Å². The highest BCUT2D eigenvalue weighted by Gasteiger charge is 2.13. The van der Waals surface area contributed by atoms with Gasteiger partial charge in [-0.1, -0.05) is 30.3 Å². The van der Waals surface area contributed by atoms with Crippen molar-refractivity contribution in [1.29, 1.82) is 10.5 Å². The summed E-state index contributed by atoms with van der Waals surface area (Å²) >= 11 is 0. The average molecular weight is 305 g/mol. The molecule has 4 nitrogen and oxygen atoms in total. The van der Waals surface area contributed by atoms with E-state index in [0.29, 0.717) is 23.4 Å². The topological polar surface area (TPSA) is 79.8 Å². The second-order valence-electron chi connectivity index (χ2n) is 5.51. The zero-order valence-corrected chi connectivity index (χ0v) is 13.1. The Morgan fingerprint density at radius 2 is 1.70 bits per heavy atom. The van der Waals surface area contributed by atoms with Crippen LogP contribution >= 0.6 is 0 Å². The molecule has 2 N–H and O–H groups in total. The molecule has 0 aliphatic rings. The fourth-order valence-electron chi connectivity index (χ4n) is 2.53. The van der Waals surface area contributed by atoms with Crippen LogP contribution in [0.1, 0.15) is 22.3 Å². The Labute approximate surface area is 136 Å². The number of anilines is 1. The van der Waals surface area contributed by atoms with Gasteiger partial charge in [-0.05, 0) is 36.6 Å². The van der Waals surface area contributed by atoms with Crippen molar-refractivity contribution in [2.45, 2.75) is 13.3 Å². The van der Waals surface area contributed by atoms with Crippen molar-refractivity contribution in [2.24, 2.45) is 5.92 Å². The van der Waals surface area contributed by atoms with Crippen LogP contribution in [0.4, 0.5) is 5.69 Å². The number of aliphatic hydroxyl groups is 1. The largest absolute Gasteiger partial charge is 0.396 e. The lowest BCUT2D eigenvalue weighted by atomic mass is 9.96. The Kier molecular flexibility index (Phi) is 5.74. The molecule has 0 amide bonds. The Balaban J connectivity index is 2.12. The molecule has 0 saturated heterocycles. The molecule has 0 saturated carbocycles. The van der Waals surface area contributed by atoms with Gasteiger partial charge >= 0.3 is 0 Å². The fraction of sp³-hybridized carbons (Fsp3) is 0.263. The summed E-state index contributed by atoms with van der Waals surface area (Å²) in [5.41, 5.74) is 3.82. The molecule has 0 fully saturated rings. The van der Waals surface area contributed by atoms with Gasteiger partial charge in [0, 0.05) is 19.1 Å². The van der Waals surface area contributed by atoms with Crippen molar-refractivity contribution >= 4 is 5.69 Å². The molecule has 0 heterocycles. The summed E-state index contributed by atoms with van der Waals surface area (Å²) in [6.45, 7) is 2.59. The van der Waals surface area contributed by atoms with E-state index in [-0.39, 0.29) is 12.5 Å². The minimum absolute atomic E-state index is 0.00870. The summed E-state index contributed by atoms with van der Waals surface area (Å²) in [5, 5.41) is 31.2. The number of para-hydroxylation sites is 1. The Hall–Kier alpha value is -2.82. The third kappa shape index (κ3) is 4.10. The highest BCUT2D eigenvalue weighted by Crippen LogP contribution is 2.21. The smallest absolute Gasteiger partial charge is 0.101 e. The van der Waals surface area contributed by atoms with Crippen molar-refractivity contribution < 1.29 is 5.11 Å². The van der Waals surface area contributed by atoms with Crippen molar-refractivity contribution in [3.8, 4) is 12.1 Å². The van der Waals surface area contributed by atoms with Crippen molar-refractivity contribution in [3.05, 3.63) is 64.7 Å². The predicted molar refractivity (Wildman–Crippen MR) is 89.8 cm³/mol. The van der Waals surface area contributed by atoms with Crippen LogP contribution in [-0.2, 0) is 6.42 Å². The lowest BCUT2D eigenvalue weighted by molar-refractivity contribution is 0.232. The SMILES string of the molecule is Cc1ccccc1CC(CO)CNc1c(C#N)cccc1C#N. The van der Waals surface area contributed by atoms with Gasteiger partial charge in [-0.2, -0.15) is 10.5 Å². The van der Waals surface area contributed by atoms with E-state index in [4.69, 9.17) is 0 Å². The summed E-state index contributed by atoms with van der Waals surface area (Å²) in [7, 11) is 0. The van der Waals surface area contributed by atoms with Crippen LogP contribution in [0.15, 0.2) is 42.5 Å². The molecule has 116 valence electrons. The first kappa shape index (κ1) is 16.5. The molecule has 2 aromatic carbocycles. The molecular weight excluding hydrogens is 286 g/mol. The van der Waals surface area contributed by atoms with Gasteiger partial charge < -0.3 is 10.4 Å². The van der Waals surface area contributed by atoms with Gasteiger partial charge in [0.25, 0.3) is 0 Å². The minimum atomic E-state index is 0.00870. The first-order chi connectivity index (χ1) is 11.2. The molecule has 2 aromatic rings. The van der Waals surface area contributed by atoms with Gasteiger partial charge in [0.15, 0.2) is 0 Å². The van der Waals surface area contributed by atoms with Crippen LogP contribution in [0, 0.1) is 35.5 Å².